The van der Waals surface area contributed by atoms with Crippen LogP contribution in [-0.4, -0.2) is 18.9 Å². The van der Waals surface area contributed by atoms with Gasteiger partial charge in [0.2, 0.25) is 0 Å². The Bertz CT molecular complexity index is 526. The van der Waals surface area contributed by atoms with Crippen LogP contribution in [0.5, 0.6) is 0 Å². The first-order valence-electron chi connectivity index (χ1n) is 5.65. The average molecular weight is 210 g/mol. The van der Waals surface area contributed by atoms with Gasteiger partial charge in [-0.2, -0.15) is 0 Å². The number of hydrogen-bond donors (Lipinski definition) is 1. The molecule has 1 heterocycles. The molecule has 2 aromatic rings. The number of nitrogens with one attached hydrogen (secondary N) is 1. The highest BCUT2D eigenvalue weighted by molar-refractivity contribution is 5.85. The van der Waals surface area contributed by atoms with E-state index in [1.807, 2.05) is 6.34 Å². The van der Waals surface area contributed by atoms with Gasteiger partial charge in [0.1, 0.15) is 0 Å². The number of fused-ring (bicyclic) bond motifs is 1. The maximum atomic E-state index is 4.40. The Balaban J connectivity index is 1.99. The van der Waals surface area contributed by atoms with Crippen molar-refractivity contribution in [3.63, 3.8) is 0 Å². The van der Waals surface area contributed by atoms with E-state index < -0.39 is 0 Å². The molecule has 0 saturated carbocycles. The Morgan fingerprint density at radius 1 is 1.12 bits per heavy atom. The lowest BCUT2D eigenvalue weighted by atomic mass is 9.99. The Hall–Kier alpha value is -1.83. The standard InChI is InChI=1S/C14H14N2/c1-2-7-14-11(4-1)5-3-6-12(14)8-13-9-15-10-16-13/h1-7,10,13H,8-9H2,(H,15,16). The number of benzene rings is 2. The fourth-order valence-corrected chi connectivity index (χ4v) is 2.25. The van der Waals surface area contributed by atoms with Crippen molar-refractivity contribution in [3.8, 4) is 0 Å². The predicted molar refractivity (Wildman–Crippen MR) is 67.9 cm³/mol. The van der Waals surface area contributed by atoms with Crippen molar-refractivity contribution < 1.29 is 0 Å². The van der Waals surface area contributed by atoms with Crippen molar-refractivity contribution in [2.24, 2.45) is 4.99 Å². The Labute approximate surface area is 95.0 Å². The van der Waals surface area contributed by atoms with Crippen LogP contribution in [-0.2, 0) is 6.42 Å². The van der Waals surface area contributed by atoms with Crippen LogP contribution in [0, 0.1) is 0 Å². The highest BCUT2D eigenvalue weighted by atomic mass is 15.0. The Morgan fingerprint density at radius 2 is 2.00 bits per heavy atom. The molecule has 1 aliphatic rings. The first-order valence-corrected chi connectivity index (χ1v) is 5.65. The summed E-state index contributed by atoms with van der Waals surface area (Å²) in [7, 11) is 0. The molecule has 0 aromatic heterocycles. The molecule has 1 aliphatic heterocycles. The van der Waals surface area contributed by atoms with Gasteiger partial charge in [-0.05, 0) is 22.8 Å². The summed E-state index contributed by atoms with van der Waals surface area (Å²) in [6.45, 7) is 0.962. The summed E-state index contributed by atoms with van der Waals surface area (Å²) in [5.41, 5.74) is 1.39. The van der Waals surface area contributed by atoms with E-state index in [1.54, 1.807) is 0 Å². The predicted octanol–water partition coefficient (Wildman–Crippen LogP) is 2.38. The summed E-state index contributed by atoms with van der Waals surface area (Å²) in [4.78, 5) is 4.40. The summed E-state index contributed by atoms with van der Waals surface area (Å²) in [5.74, 6) is 0. The molecule has 0 radical (unpaired) electrons. The quantitative estimate of drug-likeness (QED) is 0.808. The second-order valence-corrected chi connectivity index (χ2v) is 4.18. The minimum absolute atomic E-state index is 0.394. The third kappa shape index (κ3) is 1.67. The monoisotopic (exact) mass is 210 g/mol. The van der Waals surface area contributed by atoms with Crippen molar-refractivity contribution in [2.75, 3.05) is 6.54 Å². The van der Waals surface area contributed by atoms with Crippen LogP contribution in [0.3, 0.4) is 0 Å². The van der Waals surface area contributed by atoms with E-state index in [1.165, 1.54) is 16.3 Å². The molecule has 2 aromatic carbocycles. The Kier molecular flexibility index (Phi) is 2.33. The van der Waals surface area contributed by atoms with E-state index in [9.17, 15) is 0 Å². The van der Waals surface area contributed by atoms with Crippen LogP contribution in [0.25, 0.3) is 10.8 Å². The maximum Gasteiger partial charge on any atom is 0.0828 e. The highest BCUT2D eigenvalue weighted by Gasteiger charge is 2.12. The van der Waals surface area contributed by atoms with Gasteiger partial charge in [-0.25, -0.2) is 0 Å². The number of aliphatic imine (C=N–C) groups is 1. The minimum Gasteiger partial charge on any atom is -0.374 e. The van der Waals surface area contributed by atoms with E-state index in [2.05, 4.69) is 52.8 Å². The van der Waals surface area contributed by atoms with Crippen molar-refractivity contribution in [1.82, 2.24) is 5.32 Å². The SMILES string of the molecule is C1=NC(Cc2cccc3ccccc23)CN1. The van der Waals surface area contributed by atoms with Gasteiger partial charge in [0.15, 0.2) is 0 Å². The van der Waals surface area contributed by atoms with Crippen molar-refractivity contribution in [1.29, 1.82) is 0 Å². The largest absolute Gasteiger partial charge is 0.374 e. The van der Waals surface area contributed by atoms with Gasteiger partial charge in [-0.15, -0.1) is 0 Å². The topological polar surface area (TPSA) is 24.4 Å². The lowest BCUT2D eigenvalue weighted by Crippen LogP contribution is -2.17. The molecule has 0 amide bonds. The lowest BCUT2D eigenvalue weighted by molar-refractivity contribution is 0.695. The molecule has 1 N–H and O–H groups in total. The molecule has 2 nitrogen and oxygen atoms in total. The Morgan fingerprint density at radius 3 is 2.88 bits per heavy atom. The minimum atomic E-state index is 0.394. The average Bonchev–Trinajstić information content (AvgIpc) is 2.82. The summed E-state index contributed by atoms with van der Waals surface area (Å²) in [6.07, 6.45) is 2.83. The van der Waals surface area contributed by atoms with Crippen LogP contribution in [0.15, 0.2) is 47.5 Å². The van der Waals surface area contributed by atoms with E-state index in [4.69, 9.17) is 0 Å². The fourth-order valence-electron chi connectivity index (χ4n) is 2.25. The van der Waals surface area contributed by atoms with Gasteiger partial charge in [-0.1, -0.05) is 42.5 Å². The van der Waals surface area contributed by atoms with Gasteiger partial charge >= 0.3 is 0 Å². The summed E-state index contributed by atoms with van der Waals surface area (Å²) >= 11 is 0. The molecule has 3 rings (SSSR count). The van der Waals surface area contributed by atoms with Gasteiger partial charge in [-0.3, -0.25) is 4.99 Å². The second kappa shape index (κ2) is 3.97. The van der Waals surface area contributed by atoms with Gasteiger partial charge in [0.25, 0.3) is 0 Å². The van der Waals surface area contributed by atoms with E-state index in [-0.39, 0.29) is 0 Å². The zero-order valence-electron chi connectivity index (χ0n) is 9.06. The van der Waals surface area contributed by atoms with Crippen molar-refractivity contribution in [3.05, 3.63) is 48.0 Å². The molecular formula is C14H14N2. The smallest absolute Gasteiger partial charge is 0.0828 e. The van der Waals surface area contributed by atoms with E-state index in [0.29, 0.717) is 6.04 Å². The third-order valence-corrected chi connectivity index (χ3v) is 3.07. The first-order chi connectivity index (χ1) is 7.93. The maximum absolute atomic E-state index is 4.40. The molecule has 80 valence electrons. The summed E-state index contributed by atoms with van der Waals surface area (Å²) in [6, 6.07) is 15.4. The van der Waals surface area contributed by atoms with Gasteiger partial charge in [0.05, 0.1) is 12.4 Å². The molecule has 0 bridgehead atoms. The highest BCUT2D eigenvalue weighted by Crippen LogP contribution is 2.20. The first kappa shape index (κ1) is 9.40. The fraction of sp³-hybridized carbons (Fsp3) is 0.214. The molecule has 0 fully saturated rings. The van der Waals surface area contributed by atoms with Crippen LogP contribution in [0.2, 0.25) is 0 Å². The molecular weight excluding hydrogens is 196 g/mol. The third-order valence-electron chi connectivity index (χ3n) is 3.07. The lowest BCUT2D eigenvalue weighted by Gasteiger charge is -2.09. The van der Waals surface area contributed by atoms with Gasteiger partial charge < -0.3 is 5.32 Å². The van der Waals surface area contributed by atoms with E-state index in [0.717, 1.165) is 13.0 Å². The molecule has 0 saturated heterocycles. The molecule has 1 unspecified atom stereocenters. The summed E-state index contributed by atoms with van der Waals surface area (Å²) in [5, 5.41) is 5.82. The normalized spacial score (nSPS) is 18.9. The number of nitrogens with zero attached hydrogens (tertiary/aromatic N) is 1. The molecule has 0 aliphatic carbocycles. The van der Waals surface area contributed by atoms with Crippen molar-refractivity contribution in [2.45, 2.75) is 12.5 Å². The van der Waals surface area contributed by atoms with Crippen LogP contribution in [0.4, 0.5) is 0 Å². The van der Waals surface area contributed by atoms with Crippen LogP contribution >= 0.6 is 0 Å². The van der Waals surface area contributed by atoms with Crippen LogP contribution in [0.1, 0.15) is 5.56 Å². The second-order valence-electron chi connectivity index (χ2n) is 4.18. The number of rotatable bonds is 2. The zero-order chi connectivity index (χ0) is 10.8. The van der Waals surface area contributed by atoms with E-state index >= 15 is 0 Å². The number of hydrogen-bond acceptors (Lipinski definition) is 2. The molecule has 16 heavy (non-hydrogen) atoms. The van der Waals surface area contributed by atoms with Gasteiger partial charge in [0, 0.05) is 6.54 Å². The zero-order valence-corrected chi connectivity index (χ0v) is 9.06. The molecule has 2 heteroatoms. The molecule has 1 atom stereocenters. The van der Waals surface area contributed by atoms with Crippen molar-refractivity contribution >= 4 is 17.1 Å². The summed E-state index contributed by atoms with van der Waals surface area (Å²) < 4.78 is 0. The molecule has 0 spiro atoms. The van der Waals surface area contributed by atoms with Crippen LogP contribution < -0.4 is 5.32 Å².